The summed E-state index contributed by atoms with van der Waals surface area (Å²) in [4.78, 5) is 20.2. The molecule has 0 aliphatic carbocycles. The number of rotatable bonds is 4. The van der Waals surface area contributed by atoms with Gasteiger partial charge < -0.3 is 10.3 Å². The number of benzene rings is 1. The van der Waals surface area contributed by atoms with Gasteiger partial charge in [0.25, 0.3) is 0 Å². The summed E-state index contributed by atoms with van der Waals surface area (Å²) < 4.78 is 17.4. The summed E-state index contributed by atoms with van der Waals surface area (Å²) in [6.45, 7) is 0.368. The highest BCUT2D eigenvalue weighted by atomic mass is 19.1. The Balaban J connectivity index is 1.60. The Hall–Kier alpha value is -3.82. The third kappa shape index (κ3) is 2.49. The van der Waals surface area contributed by atoms with Gasteiger partial charge in [-0.05, 0) is 12.1 Å². The molecule has 1 aromatic carbocycles. The number of aromatic nitrogens is 8. The molecule has 0 amide bonds. The van der Waals surface area contributed by atoms with Gasteiger partial charge in [0.1, 0.15) is 29.3 Å². The molecule has 0 fully saturated rings. The van der Waals surface area contributed by atoms with Crippen LogP contribution in [-0.2, 0) is 13.6 Å². The number of aryl methyl sites for hydroxylation is 1. The predicted molar refractivity (Wildman–Crippen MR) is 96.8 cm³/mol. The van der Waals surface area contributed by atoms with Crippen LogP contribution in [0.5, 0.6) is 0 Å². The summed E-state index contributed by atoms with van der Waals surface area (Å²) in [7, 11) is 1.83. The molecule has 0 radical (unpaired) electrons. The maximum atomic E-state index is 13.9. The summed E-state index contributed by atoms with van der Waals surface area (Å²) >= 11 is 0. The molecule has 0 atom stereocenters. The average Bonchev–Trinajstić information content (AvgIpc) is 3.37. The van der Waals surface area contributed by atoms with Gasteiger partial charge in [0.05, 0.1) is 30.1 Å². The molecule has 10 heteroatoms. The predicted octanol–water partition coefficient (Wildman–Crippen LogP) is 2.18. The van der Waals surface area contributed by atoms with Gasteiger partial charge in [0, 0.05) is 19.2 Å². The highest BCUT2D eigenvalue weighted by Gasteiger charge is 2.16. The molecule has 0 unspecified atom stereocenters. The molecule has 0 saturated heterocycles. The van der Waals surface area contributed by atoms with E-state index >= 15 is 0 Å². The second kappa shape index (κ2) is 5.87. The number of halogens is 1. The summed E-state index contributed by atoms with van der Waals surface area (Å²) in [6, 6.07) is 6.39. The van der Waals surface area contributed by atoms with Crippen LogP contribution < -0.4 is 5.32 Å². The Morgan fingerprint density at radius 2 is 2.11 bits per heavy atom. The lowest BCUT2D eigenvalue weighted by Gasteiger charge is -2.10. The summed E-state index contributed by atoms with van der Waals surface area (Å²) in [5.74, 6) is 1.78. The van der Waals surface area contributed by atoms with Gasteiger partial charge in [0.15, 0.2) is 11.5 Å². The number of imidazole rings is 2. The van der Waals surface area contributed by atoms with Gasteiger partial charge in [0.2, 0.25) is 0 Å². The molecule has 4 heterocycles. The third-order valence-electron chi connectivity index (χ3n) is 4.35. The molecule has 5 rings (SSSR count). The average molecular weight is 363 g/mol. The minimum atomic E-state index is -0.319. The quantitative estimate of drug-likeness (QED) is 0.507. The molecule has 0 bridgehead atoms. The highest BCUT2D eigenvalue weighted by molar-refractivity contribution is 5.82. The maximum absolute atomic E-state index is 13.9. The van der Waals surface area contributed by atoms with Crippen molar-refractivity contribution in [2.75, 3.05) is 5.32 Å². The molecular formula is C17H14FN9. The van der Waals surface area contributed by atoms with Gasteiger partial charge in [-0.1, -0.05) is 0 Å². The van der Waals surface area contributed by atoms with Crippen molar-refractivity contribution in [2.24, 2.45) is 7.05 Å². The topological polar surface area (TPSA) is 102 Å². The zero-order chi connectivity index (χ0) is 18.4. The largest absolute Gasteiger partial charge is 0.361 e. The lowest BCUT2D eigenvalue weighted by molar-refractivity contribution is 0.629. The zero-order valence-corrected chi connectivity index (χ0v) is 14.3. The molecular weight excluding hydrogens is 349 g/mol. The Morgan fingerprint density at radius 3 is 2.96 bits per heavy atom. The van der Waals surface area contributed by atoms with Crippen molar-refractivity contribution in [3.05, 3.63) is 54.8 Å². The fourth-order valence-electron chi connectivity index (χ4n) is 3.12. The first kappa shape index (κ1) is 15.4. The first-order valence-corrected chi connectivity index (χ1v) is 8.24. The minimum Gasteiger partial charge on any atom is -0.361 e. The number of anilines is 1. The van der Waals surface area contributed by atoms with E-state index in [2.05, 4.69) is 35.3 Å². The van der Waals surface area contributed by atoms with Crippen molar-refractivity contribution in [1.82, 2.24) is 39.3 Å². The monoisotopic (exact) mass is 363 g/mol. The van der Waals surface area contributed by atoms with Crippen molar-refractivity contribution in [2.45, 2.75) is 6.54 Å². The van der Waals surface area contributed by atoms with E-state index in [1.807, 2.05) is 17.7 Å². The molecule has 2 N–H and O–H groups in total. The van der Waals surface area contributed by atoms with Crippen molar-refractivity contribution in [3.8, 4) is 5.82 Å². The molecule has 9 nitrogen and oxygen atoms in total. The van der Waals surface area contributed by atoms with Gasteiger partial charge in [-0.15, -0.1) is 0 Å². The lowest BCUT2D eigenvalue weighted by Crippen LogP contribution is -2.11. The Bertz CT molecular complexity index is 1270. The molecule has 0 saturated carbocycles. The smallest absolute Gasteiger partial charge is 0.182 e. The summed E-state index contributed by atoms with van der Waals surface area (Å²) in [6.07, 6.45) is 4.71. The fourth-order valence-corrected chi connectivity index (χ4v) is 3.12. The number of aromatic amines is 1. The molecule has 4 aromatic heterocycles. The van der Waals surface area contributed by atoms with E-state index < -0.39 is 0 Å². The number of hydrogen-bond donors (Lipinski definition) is 2. The van der Waals surface area contributed by atoms with Crippen molar-refractivity contribution in [3.63, 3.8) is 0 Å². The second-order valence-electron chi connectivity index (χ2n) is 5.99. The molecule has 0 aliphatic rings. The number of H-pyrrole nitrogens is 1. The second-order valence-corrected chi connectivity index (χ2v) is 5.99. The normalized spacial score (nSPS) is 11.5. The minimum absolute atomic E-state index is 0.319. The number of hydrogen-bond acceptors (Lipinski definition) is 6. The van der Waals surface area contributed by atoms with Crippen LogP contribution in [0.2, 0.25) is 0 Å². The fraction of sp³-hybridized carbons (Fsp3) is 0.118. The standard InChI is InChI=1S/C17H14FN9/c1-26-14(4-5-24-26)27-12-6-10(18)2-3-11(12)25-13(27)7-19-16-15-17(21-8-20-15)23-9-22-16/h2-6,8-9H,7H2,1H3,(H2,19,20,21,22,23). The van der Waals surface area contributed by atoms with E-state index in [1.165, 1.54) is 18.5 Å². The third-order valence-corrected chi connectivity index (χ3v) is 4.35. The maximum Gasteiger partial charge on any atom is 0.182 e. The number of nitrogens with one attached hydrogen (secondary N) is 2. The van der Waals surface area contributed by atoms with Crippen LogP contribution in [0.15, 0.2) is 43.1 Å². The van der Waals surface area contributed by atoms with E-state index in [0.717, 1.165) is 5.82 Å². The Kier molecular flexibility index (Phi) is 3.35. The summed E-state index contributed by atoms with van der Waals surface area (Å²) in [5.41, 5.74) is 2.66. The van der Waals surface area contributed by atoms with E-state index in [1.54, 1.807) is 23.3 Å². The first-order valence-electron chi connectivity index (χ1n) is 8.24. The van der Waals surface area contributed by atoms with Crippen LogP contribution >= 0.6 is 0 Å². The van der Waals surface area contributed by atoms with Crippen LogP contribution in [0.25, 0.3) is 28.0 Å². The van der Waals surface area contributed by atoms with E-state index in [0.29, 0.717) is 40.4 Å². The summed E-state index contributed by atoms with van der Waals surface area (Å²) in [5, 5.41) is 7.47. The molecule has 27 heavy (non-hydrogen) atoms. The Morgan fingerprint density at radius 1 is 1.19 bits per heavy atom. The van der Waals surface area contributed by atoms with E-state index in [9.17, 15) is 4.39 Å². The number of fused-ring (bicyclic) bond motifs is 2. The van der Waals surface area contributed by atoms with E-state index in [4.69, 9.17) is 0 Å². The van der Waals surface area contributed by atoms with Gasteiger partial charge >= 0.3 is 0 Å². The van der Waals surface area contributed by atoms with Crippen LogP contribution in [0.3, 0.4) is 0 Å². The molecule has 134 valence electrons. The zero-order valence-electron chi connectivity index (χ0n) is 14.3. The van der Waals surface area contributed by atoms with Crippen molar-refractivity contribution in [1.29, 1.82) is 0 Å². The molecule has 0 spiro atoms. The van der Waals surface area contributed by atoms with Crippen molar-refractivity contribution < 1.29 is 4.39 Å². The molecule has 5 aromatic rings. The van der Waals surface area contributed by atoms with Crippen LogP contribution in [0.4, 0.5) is 10.2 Å². The van der Waals surface area contributed by atoms with Crippen LogP contribution in [0.1, 0.15) is 5.82 Å². The van der Waals surface area contributed by atoms with Gasteiger partial charge in [-0.2, -0.15) is 5.10 Å². The first-order chi connectivity index (χ1) is 13.2. The van der Waals surface area contributed by atoms with Gasteiger partial charge in [-0.25, -0.2) is 24.3 Å². The van der Waals surface area contributed by atoms with Gasteiger partial charge in [-0.3, -0.25) is 9.25 Å². The SMILES string of the molecule is Cn1nccc1-n1c(CNc2ncnc3nc[nH]c23)nc2ccc(F)cc21. The highest BCUT2D eigenvalue weighted by Crippen LogP contribution is 2.23. The molecule has 0 aliphatic heterocycles. The van der Waals surface area contributed by atoms with E-state index in [-0.39, 0.29) is 5.82 Å². The lowest BCUT2D eigenvalue weighted by atomic mass is 10.3. The van der Waals surface area contributed by atoms with Crippen LogP contribution in [0, 0.1) is 5.82 Å². The van der Waals surface area contributed by atoms with Crippen molar-refractivity contribution >= 4 is 28.0 Å². The number of nitrogens with zero attached hydrogens (tertiary/aromatic N) is 7. The van der Waals surface area contributed by atoms with Crippen LogP contribution in [-0.4, -0.2) is 39.3 Å². The Labute approximate surface area is 151 Å².